The number of carboxylic acid groups (broad SMARTS) is 1. The number of aromatic nitrogens is 1. The van der Waals surface area contributed by atoms with E-state index >= 15 is 0 Å². The molecule has 0 radical (unpaired) electrons. The van der Waals surface area contributed by atoms with Crippen molar-refractivity contribution in [3.8, 4) is 0 Å². The van der Waals surface area contributed by atoms with Gasteiger partial charge in [0.05, 0.1) is 25.7 Å². The molecule has 5 amide bonds. The van der Waals surface area contributed by atoms with E-state index < -0.39 is 67.1 Å². The van der Waals surface area contributed by atoms with Crippen LogP contribution in [0, 0.1) is 0 Å². The third kappa shape index (κ3) is 13.6. The Labute approximate surface area is 294 Å². The van der Waals surface area contributed by atoms with Crippen LogP contribution in [0.25, 0.3) is 10.9 Å². The normalized spacial score (nSPS) is 16.7. The molecule has 18 heteroatoms. The van der Waals surface area contributed by atoms with Crippen LogP contribution >= 0.6 is 0 Å². The molecule has 1 aromatic heterocycles. The minimum absolute atomic E-state index is 0.0342. The Hall–Kier alpha value is -4.62. The zero-order valence-corrected chi connectivity index (χ0v) is 28.3. The van der Waals surface area contributed by atoms with Gasteiger partial charge in [-0.15, -0.1) is 0 Å². The summed E-state index contributed by atoms with van der Waals surface area (Å²) >= 11 is 0. The number of para-hydroxylation sites is 1. The maximum atomic E-state index is 13.1. The van der Waals surface area contributed by atoms with Gasteiger partial charge in [-0.3, -0.25) is 33.7 Å². The number of aliphatic hydroxyl groups is 4. The third-order valence-corrected chi connectivity index (χ3v) is 8.65. The number of aliphatic carboxylic acids is 1. The van der Waals surface area contributed by atoms with Crippen molar-refractivity contribution >= 4 is 46.4 Å². The fourth-order valence-corrected chi connectivity index (χ4v) is 5.77. The summed E-state index contributed by atoms with van der Waals surface area (Å²) < 4.78 is 0. The number of carbonyl (C=O) groups is 6. The summed E-state index contributed by atoms with van der Waals surface area (Å²) in [6.07, 6.45) is -1.85. The molecule has 0 spiro atoms. The quantitative estimate of drug-likeness (QED) is 0.0614. The number of H-pyrrole nitrogens is 1. The van der Waals surface area contributed by atoms with E-state index in [1.54, 1.807) is 6.20 Å². The lowest BCUT2D eigenvalue weighted by Crippen LogP contribution is -2.55. The summed E-state index contributed by atoms with van der Waals surface area (Å²) in [7, 11) is 0. The molecule has 1 fully saturated rings. The van der Waals surface area contributed by atoms with Crippen LogP contribution < -0.4 is 27.0 Å². The van der Waals surface area contributed by atoms with E-state index in [0.717, 1.165) is 16.5 Å². The van der Waals surface area contributed by atoms with Crippen LogP contribution in [0.1, 0.15) is 50.5 Å². The summed E-state index contributed by atoms with van der Waals surface area (Å²) in [6.45, 7) is 0.0961. The Kier molecular flexibility index (Phi) is 16.2. The average molecular weight is 720 g/mol. The van der Waals surface area contributed by atoms with Gasteiger partial charge < -0.3 is 57.5 Å². The molecule has 1 aliphatic heterocycles. The monoisotopic (exact) mass is 719 g/mol. The molecule has 1 aliphatic rings. The lowest BCUT2D eigenvalue weighted by Gasteiger charge is -2.32. The number of piperidine rings is 1. The second-order valence-electron chi connectivity index (χ2n) is 12.7. The highest BCUT2D eigenvalue weighted by atomic mass is 16.4. The van der Waals surface area contributed by atoms with E-state index in [0.29, 0.717) is 25.9 Å². The third-order valence-electron chi connectivity index (χ3n) is 8.65. The number of aromatic amines is 1. The summed E-state index contributed by atoms with van der Waals surface area (Å²) in [5.41, 5.74) is 7.10. The number of hydrogen-bond acceptors (Lipinski definition) is 11. The Morgan fingerprint density at radius 1 is 0.922 bits per heavy atom. The molecule has 2 heterocycles. The van der Waals surface area contributed by atoms with E-state index in [4.69, 9.17) is 10.8 Å². The van der Waals surface area contributed by atoms with Crippen molar-refractivity contribution in [3.63, 3.8) is 0 Å². The first kappa shape index (κ1) is 40.8. The van der Waals surface area contributed by atoms with Crippen molar-refractivity contribution < 1.29 is 54.3 Å². The lowest BCUT2D eigenvalue weighted by atomic mass is 10.0. The number of aliphatic hydroxyl groups excluding tert-OH is 4. The zero-order chi connectivity index (χ0) is 37.5. The maximum Gasteiger partial charge on any atom is 0.305 e. The molecule has 282 valence electrons. The number of rotatable bonds is 21. The number of fused-ring (bicyclic) bond motifs is 1. The number of carboxylic acids is 1. The first-order valence-corrected chi connectivity index (χ1v) is 16.9. The maximum absolute atomic E-state index is 13.1. The van der Waals surface area contributed by atoms with E-state index in [1.165, 1.54) is 0 Å². The molecular weight excluding hydrogens is 670 g/mol. The fraction of sp³-hybridized carbons (Fsp3) is 0.576. The largest absolute Gasteiger partial charge is 0.481 e. The average Bonchev–Trinajstić information content (AvgIpc) is 3.50. The molecule has 1 aromatic carbocycles. The van der Waals surface area contributed by atoms with Crippen LogP contribution in [0.5, 0.6) is 0 Å². The smallest absolute Gasteiger partial charge is 0.305 e. The van der Waals surface area contributed by atoms with Gasteiger partial charge in [-0.2, -0.15) is 0 Å². The fourth-order valence-electron chi connectivity index (χ4n) is 5.77. The van der Waals surface area contributed by atoms with Crippen LogP contribution in [0.2, 0.25) is 0 Å². The molecule has 12 N–H and O–H groups in total. The number of benzene rings is 1. The van der Waals surface area contributed by atoms with Crippen LogP contribution in [0.4, 0.5) is 0 Å². The predicted molar refractivity (Wildman–Crippen MR) is 181 cm³/mol. The topological polar surface area (TPSA) is 297 Å². The predicted octanol–water partition coefficient (Wildman–Crippen LogP) is -3.03. The van der Waals surface area contributed by atoms with Crippen molar-refractivity contribution in [1.82, 2.24) is 31.2 Å². The number of nitrogens with one attached hydrogen (secondary N) is 5. The number of nitrogens with zero attached hydrogens (tertiary/aromatic N) is 1. The van der Waals surface area contributed by atoms with E-state index in [2.05, 4.69) is 26.3 Å². The minimum atomic E-state index is -1.54. The molecule has 0 unspecified atom stereocenters. The Balaban J connectivity index is 1.37. The molecule has 5 atom stereocenters. The molecule has 2 aromatic rings. The Morgan fingerprint density at radius 2 is 1.61 bits per heavy atom. The Morgan fingerprint density at radius 3 is 2.27 bits per heavy atom. The van der Waals surface area contributed by atoms with Gasteiger partial charge in [0, 0.05) is 62.0 Å². The first-order chi connectivity index (χ1) is 24.3. The number of likely N-dealkylation sites (tertiary alicyclic amines) is 1. The minimum Gasteiger partial charge on any atom is -0.481 e. The van der Waals surface area contributed by atoms with Crippen molar-refractivity contribution in [2.45, 2.75) is 87.8 Å². The van der Waals surface area contributed by atoms with Crippen LogP contribution in [0.15, 0.2) is 30.5 Å². The first-order valence-electron chi connectivity index (χ1n) is 16.9. The summed E-state index contributed by atoms with van der Waals surface area (Å²) in [4.78, 5) is 79.0. The van der Waals surface area contributed by atoms with Gasteiger partial charge in [0.2, 0.25) is 29.5 Å². The van der Waals surface area contributed by atoms with E-state index in [-0.39, 0.29) is 63.0 Å². The van der Waals surface area contributed by atoms with E-state index in [1.807, 2.05) is 29.2 Å². The highest BCUT2D eigenvalue weighted by Crippen LogP contribution is 2.19. The highest BCUT2D eigenvalue weighted by molar-refractivity contribution is 5.94. The molecule has 1 saturated heterocycles. The van der Waals surface area contributed by atoms with Crippen LogP contribution in [-0.4, -0.2) is 140 Å². The van der Waals surface area contributed by atoms with Gasteiger partial charge in [0.15, 0.2) is 0 Å². The van der Waals surface area contributed by atoms with Crippen LogP contribution in [0.3, 0.4) is 0 Å². The molecular formula is C33H49N7O11. The van der Waals surface area contributed by atoms with Crippen molar-refractivity contribution in [3.05, 3.63) is 36.0 Å². The zero-order valence-electron chi connectivity index (χ0n) is 28.3. The van der Waals surface area contributed by atoms with Gasteiger partial charge in [-0.25, -0.2) is 0 Å². The number of hydrogen-bond donors (Lipinski definition) is 11. The van der Waals surface area contributed by atoms with Gasteiger partial charge >= 0.3 is 5.97 Å². The molecule has 18 nitrogen and oxygen atoms in total. The molecule has 3 rings (SSSR count). The molecule has 0 saturated carbocycles. The highest BCUT2D eigenvalue weighted by Gasteiger charge is 2.30. The van der Waals surface area contributed by atoms with E-state index in [9.17, 15) is 49.2 Å². The van der Waals surface area contributed by atoms with Crippen molar-refractivity contribution in [1.29, 1.82) is 0 Å². The molecule has 0 bridgehead atoms. The standard InChI is InChI=1S/C33H49N7O11/c34-32(50)23(14-19-16-36-22-5-2-1-4-21(19)22)39-33(51)24(15-30(47)48)38-29(46)17-40-12-9-20(10-13-40)37-28(45)7-3-6-27(44)35-11-8-25(42)31(49)26(43)18-41/h1-2,4-5,16,20,23-26,31,36,41-43,49H,3,6-15,17-18H2,(H2,34,50)(H,35,44)(H,37,45)(H,38,46)(H,39,51)(H,47,48)/t23-,24-,25+,26+,31-/m0/s1. The van der Waals surface area contributed by atoms with Gasteiger partial charge in [0.1, 0.15) is 24.3 Å². The second kappa shape index (κ2) is 20.3. The second-order valence-corrected chi connectivity index (χ2v) is 12.7. The number of primary amides is 1. The van der Waals surface area contributed by atoms with Gasteiger partial charge in [0.25, 0.3) is 0 Å². The number of nitrogens with two attached hydrogens (primary N) is 1. The van der Waals surface area contributed by atoms with Crippen molar-refractivity contribution in [2.75, 3.05) is 32.8 Å². The molecule has 51 heavy (non-hydrogen) atoms. The lowest BCUT2D eigenvalue weighted by molar-refractivity contribution is -0.141. The van der Waals surface area contributed by atoms with Gasteiger partial charge in [-0.1, -0.05) is 18.2 Å². The summed E-state index contributed by atoms with van der Waals surface area (Å²) in [5.74, 6) is -4.18. The van der Waals surface area contributed by atoms with Crippen molar-refractivity contribution in [2.24, 2.45) is 5.73 Å². The summed E-state index contributed by atoms with van der Waals surface area (Å²) in [6, 6.07) is 4.60. The number of carbonyl (C=O) groups excluding carboxylic acids is 5. The van der Waals surface area contributed by atoms with Crippen LogP contribution in [-0.2, 0) is 35.2 Å². The SMILES string of the molecule is NC(=O)[C@H](Cc1c[nH]c2ccccc12)NC(=O)[C@H](CC(=O)O)NC(=O)CN1CCC(NC(=O)CCCC(=O)NCC[C@@H](O)[C@H](O)[C@H](O)CO)CC1. The number of amides is 5. The molecule has 0 aliphatic carbocycles. The summed E-state index contributed by atoms with van der Waals surface area (Å²) in [5, 5.41) is 58.2. The van der Waals surface area contributed by atoms with Gasteiger partial charge in [-0.05, 0) is 37.3 Å². The Bertz CT molecular complexity index is 1490.